The molecule has 0 spiro atoms. The third kappa shape index (κ3) is 6.22. The Hall–Kier alpha value is -2.62. The lowest BCUT2D eigenvalue weighted by molar-refractivity contribution is 0.0933. The summed E-state index contributed by atoms with van der Waals surface area (Å²) in [7, 11) is 0. The van der Waals surface area contributed by atoms with Crippen LogP contribution in [0, 0.1) is 0 Å². The normalized spacial score (nSPS) is 14.9. The fraction of sp³-hybridized carbons (Fsp3) is 0.417. The maximum absolute atomic E-state index is 12.6. The minimum Gasteiger partial charge on any atom is -0.352 e. The van der Waals surface area contributed by atoms with E-state index >= 15 is 0 Å². The van der Waals surface area contributed by atoms with Crippen molar-refractivity contribution in [2.24, 2.45) is 0 Å². The van der Waals surface area contributed by atoms with Crippen LogP contribution in [-0.2, 0) is 6.42 Å². The molecule has 2 aromatic carbocycles. The van der Waals surface area contributed by atoms with Crippen LogP contribution in [0.15, 0.2) is 54.6 Å². The van der Waals surface area contributed by atoms with Crippen molar-refractivity contribution in [1.29, 1.82) is 0 Å². The largest absolute Gasteiger partial charge is 0.352 e. The third-order valence-corrected chi connectivity index (χ3v) is 5.35. The van der Waals surface area contributed by atoms with Gasteiger partial charge in [-0.05, 0) is 49.4 Å². The lowest BCUT2D eigenvalue weighted by Gasteiger charge is -2.16. The van der Waals surface area contributed by atoms with Crippen LogP contribution in [0.1, 0.15) is 71.2 Å². The van der Waals surface area contributed by atoms with E-state index in [1.54, 1.807) is 24.3 Å². The molecule has 2 amide bonds. The van der Waals surface area contributed by atoms with Crippen LogP contribution in [0.25, 0.3) is 0 Å². The first-order valence-corrected chi connectivity index (χ1v) is 10.5. The molecule has 148 valence electrons. The molecule has 1 aliphatic rings. The van der Waals surface area contributed by atoms with Crippen molar-refractivity contribution in [1.82, 2.24) is 10.6 Å². The molecule has 2 aromatic rings. The smallest absolute Gasteiger partial charge is 0.251 e. The van der Waals surface area contributed by atoms with Gasteiger partial charge in [-0.2, -0.15) is 0 Å². The van der Waals surface area contributed by atoms with Gasteiger partial charge in [0.2, 0.25) is 0 Å². The Balaban J connectivity index is 1.48. The fourth-order valence-corrected chi connectivity index (χ4v) is 3.74. The van der Waals surface area contributed by atoms with E-state index in [-0.39, 0.29) is 17.9 Å². The summed E-state index contributed by atoms with van der Waals surface area (Å²) in [5.41, 5.74) is 2.36. The van der Waals surface area contributed by atoms with E-state index < -0.39 is 0 Å². The molecule has 1 aliphatic carbocycles. The molecule has 28 heavy (non-hydrogen) atoms. The second-order valence-electron chi connectivity index (χ2n) is 7.59. The first-order valence-electron chi connectivity index (χ1n) is 10.5. The molecular weight excluding hydrogens is 348 g/mol. The zero-order valence-corrected chi connectivity index (χ0v) is 16.5. The number of amides is 2. The first kappa shape index (κ1) is 20.1. The SMILES string of the molecule is O=C(NCCCc1ccccc1)c1cccc(C(=O)NC2CCCCCC2)c1. The van der Waals surface area contributed by atoms with Crippen LogP contribution in [0.3, 0.4) is 0 Å². The van der Waals surface area contributed by atoms with Gasteiger partial charge >= 0.3 is 0 Å². The predicted molar refractivity (Wildman–Crippen MR) is 112 cm³/mol. The Morgan fingerprint density at radius 3 is 2.21 bits per heavy atom. The summed E-state index contributed by atoms with van der Waals surface area (Å²) in [5.74, 6) is -0.206. The van der Waals surface area contributed by atoms with Crippen LogP contribution < -0.4 is 10.6 Å². The van der Waals surface area contributed by atoms with E-state index in [4.69, 9.17) is 0 Å². The maximum atomic E-state index is 12.6. The van der Waals surface area contributed by atoms with Crippen LogP contribution in [0.5, 0.6) is 0 Å². The van der Waals surface area contributed by atoms with Crippen molar-refractivity contribution in [3.8, 4) is 0 Å². The number of benzene rings is 2. The van der Waals surface area contributed by atoms with Gasteiger partial charge in [-0.15, -0.1) is 0 Å². The van der Waals surface area contributed by atoms with Crippen molar-refractivity contribution >= 4 is 11.8 Å². The van der Waals surface area contributed by atoms with E-state index in [9.17, 15) is 9.59 Å². The van der Waals surface area contributed by atoms with Crippen LogP contribution in [-0.4, -0.2) is 24.4 Å². The predicted octanol–water partition coefficient (Wildman–Crippen LogP) is 4.50. The average Bonchev–Trinajstić information content (AvgIpc) is 3.00. The van der Waals surface area contributed by atoms with Crippen LogP contribution in [0.2, 0.25) is 0 Å². The molecule has 4 heteroatoms. The van der Waals surface area contributed by atoms with Gasteiger partial charge in [-0.25, -0.2) is 0 Å². The van der Waals surface area contributed by atoms with Gasteiger partial charge in [0.1, 0.15) is 0 Å². The number of rotatable bonds is 7. The average molecular weight is 379 g/mol. The van der Waals surface area contributed by atoms with Crippen LogP contribution >= 0.6 is 0 Å². The van der Waals surface area contributed by atoms with Gasteiger partial charge in [0.25, 0.3) is 11.8 Å². The lowest BCUT2D eigenvalue weighted by Crippen LogP contribution is -2.34. The Bertz CT molecular complexity index is 765. The Labute approximate surface area is 167 Å². The Morgan fingerprint density at radius 1 is 0.821 bits per heavy atom. The summed E-state index contributed by atoms with van der Waals surface area (Å²) in [5, 5.41) is 6.10. The van der Waals surface area contributed by atoms with Crippen LogP contribution in [0.4, 0.5) is 0 Å². The molecule has 0 heterocycles. The van der Waals surface area contributed by atoms with Gasteiger partial charge in [0.15, 0.2) is 0 Å². The number of carbonyl (C=O) groups excluding carboxylic acids is 2. The van der Waals surface area contributed by atoms with Gasteiger partial charge in [-0.1, -0.05) is 62.1 Å². The molecule has 0 aliphatic heterocycles. The molecule has 0 saturated heterocycles. The molecule has 1 saturated carbocycles. The summed E-state index contributed by atoms with van der Waals surface area (Å²) < 4.78 is 0. The molecule has 0 aromatic heterocycles. The Kier molecular flexibility index (Phi) is 7.65. The minimum atomic E-state index is -0.128. The molecule has 0 unspecified atom stereocenters. The van der Waals surface area contributed by atoms with Crippen molar-refractivity contribution < 1.29 is 9.59 Å². The number of hydrogen-bond acceptors (Lipinski definition) is 2. The standard InChI is InChI=1S/C24H30N2O2/c27-23(25-17-9-12-19-10-4-3-5-11-19)20-13-8-14-21(18-20)24(28)26-22-15-6-1-2-7-16-22/h3-5,8,10-11,13-14,18,22H,1-2,6-7,9,12,15-17H2,(H,25,27)(H,26,28). The van der Waals surface area contributed by atoms with Crippen molar-refractivity contribution in [2.45, 2.75) is 57.4 Å². The highest BCUT2D eigenvalue weighted by Crippen LogP contribution is 2.18. The number of hydrogen-bond donors (Lipinski definition) is 2. The summed E-state index contributed by atoms with van der Waals surface area (Å²) in [6.45, 7) is 0.617. The molecule has 2 N–H and O–H groups in total. The van der Waals surface area contributed by atoms with Gasteiger partial charge < -0.3 is 10.6 Å². The zero-order valence-electron chi connectivity index (χ0n) is 16.5. The third-order valence-electron chi connectivity index (χ3n) is 5.35. The number of aryl methyl sites for hydroxylation is 1. The molecule has 0 radical (unpaired) electrons. The zero-order chi connectivity index (χ0) is 19.6. The highest BCUT2D eigenvalue weighted by molar-refractivity contribution is 5.99. The van der Waals surface area contributed by atoms with Crippen molar-refractivity contribution in [2.75, 3.05) is 6.54 Å². The highest BCUT2D eigenvalue weighted by atomic mass is 16.2. The summed E-state index contributed by atoms with van der Waals surface area (Å²) in [6, 6.07) is 17.5. The van der Waals surface area contributed by atoms with E-state index in [0.29, 0.717) is 17.7 Å². The summed E-state index contributed by atoms with van der Waals surface area (Å²) >= 11 is 0. The maximum Gasteiger partial charge on any atom is 0.251 e. The second kappa shape index (κ2) is 10.6. The lowest BCUT2D eigenvalue weighted by atomic mass is 10.1. The van der Waals surface area contributed by atoms with Crippen molar-refractivity contribution in [3.63, 3.8) is 0 Å². The van der Waals surface area contributed by atoms with Gasteiger partial charge in [-0.3, -0.25) is 9.59 Å². The molecule has 4 nitrogen and oxygen atoms in total. The molecule has 0 bridgehead atoms. The van der Waals surface area contributed by atoms with E-state index in [0.717, 1.165) is 25.7 Å². The van der Waals surface area contributed by atoms with E-state index in [2.05, 4.69) is 22.8 Å². The second-order valence-corrected chi connectivity index (χ2v) is 7.59. The van der Waals surface area contributed by atoms with Gasteiger partial charge in [0.05, 0.1) is 0 Å². The monoisotopic (exact) mass is 378 g/mol. The summed E-state index contributed by atoms with van der Waals surface area (Å²) in [6.07, 6.45) is 8.79. The molecule has 1 fully saturated rings. The minimum absolute atomic E-state index is 0.0781. The highest BCUT2D eigenvalue weighted by Gasteiger charge is 2.16. The van der Waals surface area contributed by atoms with E-state index in [1.807, 2.05) is 18.2 Å². The Morgan fingerprint density at radius 2 is 1.50 bits per heavy atom. The first-order chi connectivity index (χ1) is 13.7. The quantitative estimate of drug-likeness (QED) is 0.550. The van der Waals surface area contributed by atoms with E-state index in [1.165, 1.54) is 31.2 Å². The molecule has 0 atom stereocenters. The molecular formula is C24H30N2O2. The van der Waals surface area contributed by atoms with Crippen molar-refractivity contribution in [3.05, 3.63) is 71.3 Å². The summed E-state index contributed by atoms with van der Waals surface area (Å²) in [4.78, 5) is 25.0. The fourth-order valence-electron chi connectivity index (χ4n) is 3.74. The topological polar surface area (TPSA) is 58.2 Å². The number of nitrogens with one attached hydrogen (secondary N) is 2. The molecule has 3 rings (SSSR count). The van der Waals surface area contributed by atoms with Gasteiger partial charge in [0, 0.05) is 23.7 Å². The number of carbonyl (C=O) groups is 2.